The molecule has 0 fully saturated rings. The Morgan fingerprint density at radius 2 is 2.25 bits per heavy atom. The van der Waals surface area contributed by atoms with Crippen LogP contribution in [0.1, 0.15) is 18.7 Å². The second kappa shape index (κ2) is 7.39. The van der Waals surface area contributed by atoms with Crippen LogP contribution in [0.3, 0.4) is 0 Å². The van der Waals surface area contributed by atoms with E-state index in [0.29, 0.717) is 4.88 Å². The van der Waals surface area contributed by atoms with Crippen molar-refractivity contribution in [2.45, 2.75) is 20.0 Å². The van der Waals surface area contributed by atoms with Crippen LogP contribution in [-0.4, -0.2) is 29.6 Å². The number of nitro groups is 1. The minimum Gasteiger partial charge on any atom is -0.463 e. The molecule has 0 radical (unpaired) electrons. The van der Waals surface area contributed by atoms with Gasteiger partial charge < -0.3 is 9.47 Å². The molecular weight excluding hydrogens is 286 g/mol. The van der Waals surface area contributed by atoms with E-state index < -0.39 is 28.7 Å². The van der Waals surface area contributed by atoms with Gasteiger partial charge in [-0.25, -0.2) is 4.79 Å². The first kappa shape index (κ1) is 15.8. The van der Waals surface area contributed by atoms with Crippen molar-refractivity contribution in [3.05, 3.63) is 38.2 Å². The van der Waals surface area contributed by atoms with Gasteiger partial charge in [0, 0.05) is 17.9 Å². The topological polar surface area (TPSA) is 95.7 Å². The summed E-state index contributed by atoms with van der Waals surface area (Å²) in [4.78, 5) is 33.6. The monoisotopic (exact) mass is 299 g/mol. The van der Waals surface area contributed by atoms with Crippen molar-refractivity contribution < 1.29 is 24.0 Å². The first-order valence-electron chi connectivity index (χ1n) is 5.69. The van der Waals surface area contributed by atoms with Gasteiger partial charge in [-0.1, -0.05) is 6.07 Å². The Bertz CT molecular complexity index is 522. The first-order valence-corrected chi connectivity index (χ1v) is 6.57. The molecule has 1 atom stereocenters. The fraction of sp³-hybridized carbons (Fsp3) is 0.333. The molecule has 0 aromatic carbocycles. The molecule has 0 N–H and O–H groups in total. The van der Waals surface area contributed by atoms with Crippen molar-refractivity contribution in [2.75, 3.05) is 6.61 Å². The summed E-state index contributed by atoms with van der Waals surface area (Å²) in [5.41, 5.74) is -0.541. The maximum atomic E-state index is 11.7. The van der Waals surface area contributed by atoms with Crippen LogP contribution in [0.25, 0.3) is 6.08 Å². The van der Waals surface area contributed by atoms with Gasteiger partial charge in [-0.05, 0) is 18.4 Å². The van der Waals surface area contributed by atoms with Crippen LogP contribution in [0, 0.1) is 10.1 Å². The standard InChI is InChI=1S/C12H13NO6S/c1-3-18-12(15)11(19-8(2)14)10(13(16)17)7-9-5-4-6-20-9/h4-7,11H,3H2,1-2H3/b10-7+. The summed E-state index contributed by atoms with van der Waals surface area (Å²) in [6.07, 6.45) is -0.487. The smallest absolute Gasteiger partial charge is 0.358 e. The Hall–Kier alpha value is -2.22. The highest BCUT2D eigenvalue weighted by Gasteiger charge is 2.36. The summed E-state index contributed by atoms with van der Waals surface area (Å²) in [7, 11) is 0. The number of nitrogens with zero attached hydrogens (tertiary/aromatic N) is 1. The summed E-state index contributed by atoms with van der Waals surface area (Å²) in [6.45, 7) is 2.65. The van der Waals surface area contributed by atoms with Crippen LogP contribution in [0.5, 0.6) is 0 Å². The Kier molecular flexibility index (Phi) is 5.85. The van der Waals surface area contributed by atoms with E-state index in [-0.39, 0.29) is 6.61 Å². The lowest BCUT2D eigenvalue weighted by Crippen LogP contribution is -2.33. The van der Waals surface area contributed by atoms with Gasteiger partial charge in [-0.2, -0.15) is 0 Å². The zero-order valence-electron chi connectivity index (χ0n) is 10.9. The van der Waals surface area contributed by atoms with Gasteiger partial charge in [0.2, 0.25) is 0 Å². The summed E-state index contributed by atoms with van der Waals surface area (Å²) < 4.78 is 9.42. The van der Waals surface area contributed by atoms with Crippen molar-refractivity contribution in [1.82, 2.24) is 0 Å². The van der Waals surface area contributed by atoms with Crippen LogP contribution in [0.15, 0.2) is 23.2 Å². The lowest BCUT2D eigenvalue weighted by atomic mass is 10.2. The molecule has 0 amide bonds. The molecule has 0 bridgehead atoms. The summed E-state index contributed by atoms with van der Waals surface area (Å²) in [5.74, 6) is -1.77. The number of hydrogen-bond donors (Lipinski definition) is 0. The lowest BCUT2D eigenvalue weighted by Gasteiger charge is -2.13. The van der Waals surface area contributed by atoms with Gasteiger partial charge in [0.05, 0.1) is 11.5 Å². The van der Waals surface area contributed by atoms with E-state index in [0.717, 1.165) is 6.92 Å². The third kappa shape index (κ3) is 4.47. The van der Waals surface area contributed by atoms with Gasteiger partial charge in [0.25, 0.3) is 11.8 Å². The molecule has 0 spiro atoms. The molecule has 0 aliphatic rings. The van der Waals surface area contributed by atoms with Crippen molar-refractivity contribution in [3.8, 4) is 0 Å². The molecular formula is C12H13NO6S. The minimum absolute atomic E-state index is 0.0284. The van der Waals surface area contributed by atoms with E-state index >= 15 is 0 Å². The van der Waals surface area contributed by atoms with Crippen LogP contribution in [0.4, 0.5) is 0 Å². The van der Waals surface area contributed by atoms with E-state index in [9.17, 15) is 19.7 Å². The average molecular weight is 299 g/mol. The zero-order valence-corrected chi connectivity index (χ0v) is 11.7. The number of carbonyl (C=O) groups is 2. The number of thiophene rings is 1. The van der Waals surface area contributed by atoms with Gasteiger partial charge in [-0.3, -0.25) is 14.9 Å². The predicted molar refractivity (Wildman–Crippen MR) is 71.5 cm³/mol. The van der Waals surface area contributed by atoms with E-state index in [4.69, 9.17) is 9.47 Å². The average Bonchev–Trinajstić information content (AvgIpc) is 2.86. The van der Waals surface area contributed by atoms with Gasteiger partial charge in [0.15, 0.2) is 0 Å². The van der Waals surface area contributed by atoms with Crippen LogP contribution >= 0.6 is 11.3 Å². The van der Waals surface area contributed by atoms with Gasteiger partial charge in [-0.15, -0.1) is 11.3 Å². The highest BCUT2D eigenvalue weighted by atomic mass is 32.1. The molecule has 1 aromatic rings. The van der Waals surface area contributed by atoms with Crippen LogP contribution in [0.2, 0.25) is 0 Å². The van der Waals surface area contributed by atoms with Gasteiger partial charge >= 0.3 is 11.9 Å². The maximum Gasteiger partial charge on any atom is 0.358 e. The highest BCUT2D eigenvalue weighted by Crippen LogP contribution is 2.18. The minimum atomic E-state index is -1.68. The third-order valence-corrected chi connectivity index (χ3v) is 2.92. The van der Waals surface area contributed by atoms with E-state index in [1.807, 2.05) is 0 Å². The third-order valence-electron chi connectivity index (χ3n) is 2.10. The number of esters is 2. The summed E-state index contributed by atoms with van der Waals surface area (Å²) >= 11 is 1.26. The molecule has 0 saturated heterocycles. The first-order chi connectivity index (χ1) is 9.45. The van der Waals surface area contributed by atoms with E-state index in [1.165, 1.54) is 17.4 Å². The summed E-state index contributed by atoms with van der Waals surface area (Å²) in [5, 5.41) is 12.8. The molecule has 0 saturated carbocycles. The Balaban J connectivity index is 3.14. The second-order valence-corrected chi connectivity index (χ2v) is 4.56. The van der Waals surface area contributed by atoms with Crippen molar-refractivity contribution in [2.24, 2.45) is 0 Å². The number of carbonyl (C=O) groups excluding carboxylic acids is 2. The number of ether oxygens (including phenoxy) is 2. The molecule has 20 heavy (non-hydrogen) atoms. The lowest BCUT2D eigenvalue weighted by molar-refractivity contribution is -0.432. The Labute approximate surface area is 119 Å². The molecule has 1 aromatic heterocycles. The molecule has 0 aliphatic carbocycles. The molecule has 108 valence electrons. The number of hydrogen-bond acceptors (Lipinski definition) is 7. The summed E-state index contributed by atoms with van der Waals surface area (Å²) in [6, 6.07) is 3.35. The predicted octanol–water partition coefficient (Wildman–Crippen LogP) is 1.86. The molecule has 1 rings (SSSR count). The molecule has 8 heteroatoms. The molecule has 1 heterocycles. The zero-order chi connectivity index (χ0) is 15.1. The van der Waals surface area contributed by atoms with Crippen molar-refractivity contribution >= 4 is 29.4 Å². The quantitative estimate of drug-likeness (QED) is 0.452. The van der Waals surface area contributed by atoms with Crippen LogP contribution in [-0.2, 0) is 19.1 Å². The normalized spacial score (nSPS) is 12.6. The maximum absolute atomic E-state index is 11.7. The second-order valence-electron chi connectivity index (χ2n) is 3.58. The fourth-order valence-corrected chi connectivity index (χ4v) is 2.02. The number of rotatable bonds is 6. The highest BCUT2D eigenvalue weighted by molar-refractivity contribution is 7.10. The SMILES string of the molecule is CCOC(=O)C(OC(C)=O)/C(=C\c1cccs1)[N+](=O)[O-]. The van der Waals surface area contributed by atoms with E-state index in [2.05, 4.69) is 0 Å². The van der Waals surface area contributed by atoms with Crippen molar-refractivity contribution in [1.29, 1.82) is 0 Å². The molecule has 0 aliphatic heterocycles. The largest absolute Gasteiger partial charge is 0.463 e. The van der Waals surface area contributed by atoms with Crippen LogP contribution < -0.4 is 0 Å². The van der Waals surface area contributed by atoms with Gasteiger partial charge in [0.1, 0.15) is 0 Å². The molecule has 1 unspecified atom stereocenters. The molecule has 7 nitrogen and oxygen atoms in total. The Morgan fingerprint density at radius 1 is 1.55 bits per heavy atom. The Morgan fingerprint density at radius 3 is 2.70 bits per heavy atom. The fourth-order valence-electron chi connectivity index (χ4n) is 1.36. The van der Waals surface area contributed by atoms with E-state index in [1.54, 1.807) is 24.4 Å². The van der Waals surface area contributed by atoms with Crippen molar-refractivity contribution in [3.63, 3.8) is 0 Å².